The van der Waals surface area contributed by atoms with Gasteiger partial charge in [0.05, 0.1) is 0 Å². The van der Waals surface area contributed by atoms with Crippen molar-refractivity contribution >= 4 is 11.8 Å². The van der Waals surface area contributed by atoms with Gasteiger partial charge in [0.15, 0.2) is 0 Å². The van der Waals surface area contributed by atoms with Crippen molar-refractivity contribution < 1.29 is 19.8 Å². The Balaban J connectivity index is 2.41. The highest BCUT2D eigenvalue weighted by Gasteiger charge is 2.08. The summed E-state index contributed by atoms with van der Waals surface area (Å²) in [5, 5.41) is 23.7. The standard InChI is InChI=1S/C13H18N2O4/c1-2-4-14-12(18)3-5-15-13(19)9-6-10(16)8-11(17)7-9/h6-8,16-17H,2-5H2,1H3,(H,14,18)(H,15,19). The van der Waals surface area contributed by atoms with Crippen LogP contribution in [-0.2, 0) is 4.79 Å². The van der Waals surface area contributed by atoms with Crippen LogP contribution in [0.3, 0.4) is 0 Å². The first-order valence-electron chi connectivity index (χ1n) is 6.11. The Morgan fingerprint density at radius 3 is 2.26 bits per heavy atom. The second-order valence-corrected chi connectivity index (χ2v) is 4.09. The number of hydrogen-bond acceptors (Lipinski definition) is 4. The molecule has 0 aliphatic heterocycles. The fourth-order valence-electron chi connectivity index (χ4n) is 1.47. The molecule has 0 unspecified atom stereocenters. The Morgan fingerprint density at radius 1 is 1.05 bits per heavy atom. The summed E-state index contributed by atoms with van der Waals surface area (Å²) in [4.78, 5) is 23.0. The predicted molar refractivity (Wildman–Crippen MR) is 70.0 cm³/mol. The van der Waals surface area contributed by atoms with Gasteiger partial charge in [-0.2, -0.15) is 0 Å². The maximum absolute atomic E-state index is 11.7. The number of phenols is 2. The van der Waals surface area contributed by atoms with Crippen LogP contribution < -0.4 is 10.6 Å². The van der Waals surface area contributed by atoms with Gasteiger partial charge in [0.25, 0.3) is 5.91 Å². The molecule has 2 amide bonds. The molecule has 0 spiro atoms. The lowest BCUT2D eigenvalue weighted by atomic mass is 10.2. The molecular formula is C13H18N2O4. The normalized spacial score (nSPS) is 9.95. The third-order valence-electron chi connectivity index (χ3n) is 2.37. The molecule has 0 aromatic heterocycles. The smallest absolute Gasteiger partial charge is 0.251 e. The van der Waals surface area contributed by atoms with E-state index in [0.717, 1.165) is 12.5 Å². The van der Waals surface area contributed by atoms with E-state index in [4.69, 9.17) is 0 Å². The second kappa shape index (κ2) is 7.25. The fraction of sp³-hybridized carbons (Fsp3) is 0.385. The molecular weight excluding hydrogens is 248 g/mol. The SMILES string of the molecule is CCCNC(=O)CCNC(=O)c1cc(O)cc(O)c1. The first-order chi connectivity index (χ1) is 9.02. The van der Waals surface area contributed by atoms with Gasteiger partial charge in [0.1, 0.15) is 11.5 Å². The number of carbonyl (C=O) groups excluding carboxylic acids is 2. The number of phenolic OH excluding ortho intramolecular Hbond substituents is 2. The average Bonchev–Trinajstić information content (AvgIpc) is 2.35. The number of nitrogens with one attached hydrogen (secondary N) is 2. The number of rotatable bonds is 6. The molecule has 0 aliphatic rings. The average molecular weight is 266 g/mol. The van der Waals surface area contributed by atoms with E-state index in [1.165, 1.54) is 12.1 Å². The summed E-state index contributed by atoms with van der Waals surface area (Å²) in [5.74, 6) is -0.952. The van der Waals surface area contributed by atoms with Crippen LogP contribution in [-0.4, -0.2) is 35.1 Å². The molecule has 0 atom stereocenters. The maximum atomic E-state index is 11.7. The minimum Gasteiger partial charge on any atom is -0.508 e. The van der Waals surface area contributed by atoms with Crippen molar-refractivity contribution in [1.29, 1.82) is 0 Å². The number of amides is 2. The van der Waals surface area contributed by atoms with E-state index in [0.29, 0.717) is 6.54 Å². The summed E-state index contributed by atoms with van der Waals surface area (Å²) in [6.07, 6.45) is 1.05. The van der Waals surface area contributed by atoms with Gasteiger partial charge >= 0.3 is 0 Å². The summed E-state index contributed by atoms with van der Waals surface area (Å²) >= 11 is 0. The largest absolute Gasteiger partial charge is 0.508 e. The summed E-state index contributed by atoms with van der Waals surface area (Å²) in [6, 6.07) is 3.62. The van der Waals surface area contributed by atoms with Gasteiger partial charge in [-0.15, -0.1) is 0 Å². The van der Waals surface area contributed by atoms with Crippen LogP contribution in [0, 0.1) is 0 Å². The van der Waals surface area contributed by atoms with Crippen molar-refractivity contribution in [2.24, 2.45) is 0 Å². The van der Waals surface area contributed by atoms with E-state index < -0.39 is 5.91 Å². The Hall–Kier alpha value is -2.24. The summed E-state index contributed by atoms with van der Waals surface area (Å²) in [5.41, 5.74) is 0.145. The van der Waals surface area contributed by atoms with Crippen LogP contribution in [0.15, 0.2) is 18.2 Å². The first kappa shape index (κ1) is 14.8. The molecule has 1 rings (SSSR count). The quantitative estimate of drug-likeness (QED) is 0.610. The second-order valence-electron chi connectivity index (χ2n) is 4.09. The van der Waals surface area contributed by atoms with Gasteiger partial charge in [0, 0.05) is 31.1 Å². The molecule has 19 heavy (non-hydrogen) atoms. The molecule has 104 valence electrons. The van der Waals surface area contributed by atoms with Crippen LogP contribution >= 0.6 is 0 Å². The van der Waals surface area contributed by atoms with Gasteiger partial charge in [0.2, 0.25) is 5.91 Å². The van der Waals surface area contributed by atoms with Crippen LogP contribution in [0.4, 0.5) is 0 Å². The van der Waals surface area contributed by atoms with Crippen molar-refractivity contribution in [3.8, 4) is 11.5 Å². The van der Waals surface area contributed by atoms with Crippen molar-refractivity contribution in [2.75, 3.05) is 13.1 Å². The van der Waals surface area contributed by atoms with Gasteiger partial charge in [-0.05, 0) is 18.6 Å². The molecule has 1 aromatic rings. The number of aromatic hydroxyl groups is 2. The minimum absolute atomic E-state index is 0.124. The molecule has 0 aliphatic carbocycles. The zero-order valence-corrected chi connectivity index (χ0v) is 10.8. The lowest BCUT2D eigenvalue weighted by molar-refractivity contribution is -0.120. The predicted octanol–water partition coefficient (Wildman–Crippen LogP) is 0.744. The highest BCUT2D eigenvalue weighted by molar-refractivity contribution is 5.95. The van der Waals surface area contributed by atoms with Crippen molar-refractivity contribution in [1.82, 2.24) is 10.6 Å². The zero-order chi connectivity index (χ0) is 14.3. The van der Waals surface area contributed by atoms with Crippen molar-refractivity contribution in [3.63, 3.8) is 0 Å². The first-order valence-corrected chi connectivity index (χ1v) is 6.11. The van der Waals surface area contributed by atoms with Gasteiger partial charge < -0.3 is 20.8 Å². The molecule has 4 N–H and O–H groups in total. The topological polar surface area (TPSA) is 98.7 Å². The van der Waals surface area contributed by atoms with Crippen LogP contribution in [0.5, 0.6) is 11.5 Å². The van der Waals surface area contributed by atoms with E-state index >= 15 is 0 Å². The Kier molecular flexibility index (Phi) is 5.66. The van der Waals surface area contributed by atoms with E-state index in [1.807, 2.05) is 6.92 Å². The van der Waals surface area contributed by atoms with E-state index in [2.05, 4.69) is 10.6 Å². The van der Waals surface area contributed by atoms with Crippen LogP contribution in [0.2, 0.25) is 0 Å². The monoisotopic (exact) mass is 266 g/mol. The van der Waals surface area contributed by atoms with Crippen LogP contribution in [0.1, 0.15) is 30.1 Å². The summed E-state index contributed by atoms with van der Waals surface area (Å²) in [7, 11) is 0. The summed E-state index contributed by atoms with van der Waals surface area (Å²) < 4.78 is 0. The molecule has 0 heterocycles. The molecule has 0 bridgehead atoms. The Labute approximate surface area is 111 Å². The highest BCUT2D eigenvalue weighted by atomic mass is 16.3. The highest BCUT2D eigenvalue weighted by Crippen LogP contribution is 2.20. The van der Waals surface area contributed by atoms with E-state index in [1.54, 1.807) is 0 Å². The molecule has 0 saturated heterocycles. The Bertz CT molecular complexity index is 440. The number of carbonyl (C=O) groups is 2. The van der Waals surface area contributed by atoms with Crippen molar-refractivity contribution in [3.05, 3.63) is 23.8 Å². The van der Waals surface area contributed by atoms with Gasteiger partial charge in [-0.25, -0.2) is 0 Å². The third kappa shape index (κ3) is 5.29. The fourth-order valence-corrected chi connectivity index (χ4v) is 1.47. The summed E-state index contributed by atoms with van der Waals surface area (Å²) in [6.45, 7) is 2.77. The zero-order valence-electron chi connectivity index (χ0n) is 10.8. The lowest BCUT2D eigenvalue weighted by Crippen LogP contribution is -2.31. The van der Waals surface area contributed by atoms with E-state index in [-0.39, 0.29) is 35.9 Å². The molecule has 0 fully saturated rings. The Morgan fingerprint density at radius 2 is 1.68 bits per heavy atom. The minimum atomic E-state index is -0.450. The molecule has 6 heteroatoms. The third-order valence-corrected chi connectivity index (χ3v) is 2.37. The van der Waals surface area contributed by atoms with Gasteiger partial charge in [-0.3, -0.25) is 9.59 Å². The lowest BCUT2D eigenvalue weighted by Gasteiger charge is -2.06. The van der Waals surface area contributed by atoms with Crippen LogP contribution in [0.25, 0.3) is 0 Å². The number of benzene rings is 1. The molecule has 6 nitrogen and oxygen atoms in total. The van der Waals surface area contributed by atoms with Crippen molar-refractivity contribution in [2.45, 2.75) is 19.8 Å². The van der Waals surface area contributed by atoms with Gasteiger partial charge in [-0.1, -0.05) is 6.92 Å². The molecule has 0 radical (unpaired) electrons. The molecule has 1 aromatic carbocycles. The maximum Gasteiger partial charge on any atom is 0.251 e. The van der Waals surface area contributed by atoms with E-state index in [9.17, 15) is 19.8 Å². The molecule has 0 saturated carbocycles. The number of hydrogen-bond donors (Lipinski definition) is 4.